The van der Waals surface area contributed by atoms with Crippen LogP contribution in [0.4, 0.5) is 0 Å². The van der Waals surface area contributed by atoms with Crippen molar-refractivity contribution in [3.63, 3.8) is 0 Å². The molecule has 0 nitrogen and oxygen atoms in total. The van der Waals surface area contributed by atoms with Gasteiger partial charge in [0, 0.05) is 51.4 Å². The van der Waals surface area contributed by atoms with Crippen LogP contribution in [-0.4, -0.2) is 5.75 Å². The third-order valence-corrected chi connectivity index (χ3v) is 13.5. The van der Waals surface area contributed by atoms with Crippen molar-refractivity contribution >= 4 is 92.4 Å². The third kappa shape index (κ3) is 4.64. The first-order valence-corrected chi connectivity index (χ1v) is 18.8. The van der Waals surface area contributed by atoms with Gasteiger partial charge in [-0.15, -0.1) is 45.8 Å². The van der Waals surface area contributed by atoms with Crippen LogP contribution in [0.15, 0.2) is 53.4 Å². The lowest BCUT2D eigenvalue weighted by Gasteiger charge is -2.11. The van der Waals surface area contributed by atoms with E-state index in [0.29, 0.717) is 0 Å². The van der Waals surface area contributed by atoms with Gasteiger partial charge < -0.3 is 0 Å². The molecule has 6 aromatic rings. The minimum atomic E-state index is 1.20. The summed E-state index contributed by atoms with van der Waals surface area (Å²) in [5.74, 6) is 1.25. The van der Waals surface area contributed by atoms with Crippen LogP contribution in [0.2, 0.25) is 0 Å². The highest BCUT2D eigenvalue weighted by Crippen LogP contribution is 2.55. The Labute approximate surface area is 254 Å². The van der Waals surface area contributed by atoms with Gasteiger partial charge in [-0.05, 0) is 72.0 Å². The van der Waals surface area contributed by atoms with E-state index in [-0.39, 0.29) is 0 Å². The van der Waals surface area contributed by atoms with E-state index in [4.69, 9.17) is 0 Å². The molecule has 0 radical (unpaired) electrons. The van der Waals surface area contributed by atoms with E-state index in [0.717, 1.165) is 0 Å². The predicted molar refractivity (Wildman–Crippen MR) is 187 cm³/mol. The molecule has 1 aliphatic heterocycles. The number of fused-ring (bicyclic) bond motifs is 2. The average molecular weight is 599 g/mol. The molecule has 0 unspecified atom stereocenters. The van der Waals surface area contributed by atoms with Gasteiger partial charge in [-0.2, -0.15) is 0 Å². The smallest absolute Gasteiger partial charge is 0.0536 e. The number of thiophene rings is 3. The van der Waals surface area contributed by atoms with E-state index in [1.807, 2.05) is 22.7 Å². The molecule has 40 heavy (non-hydrogen) atoms. The van der Waals surface area contributed by atoms with Gasteiger partial charge in [-0.25, -0.2) is 0 Å². The van der Waals surface area contributed by atoms with Gasteiger partial charge in [-0.3, -0.25) is 0 Å². The number of allylic oxidation sites excluding steroid dienone is 1. The summed E-state index contributed by atoms with van der Waals surface area (Å²) in [5, 5.41) is 11.3. The molecule has 0 fully saturated rings. The predicted octanol–water partition coefficient (Wildman–Crippen LogP) is 13.5. The van der Waals surface area contributed by atoms with E-state index < -0.39 is 0 Å². The summed E-state index contributed by atoms with van der Waals surface area (Å²) >= 11 is 8.16. The van der Waals surface area contributed by atoms with E-state index in [2.05, 4.69) is 84.8 Å². The molecule has 1 aliphatic rings. The Kier molecular flexibility index (Phi) is 7.97. The zero-order chi connectivity index (χ0) is 27.1. The Morgan fingerprint density at radius 2 is 1.27 bits per heavy atom. The van der Waals surface area contributed by atoms with Gasteiger partial charge in [0.25, 0.3) is 0 Å². The third-order valence-electron chi connectivity index (χ3n) is 8.73. The van der Waals surface area contributed by atoms with Crippen LogP contribution in [0.1, 0.15) is 88.5 Å². The van der Waals surface area contributed by atoms with Crippen molar-refractivity contribution in [1.29, 1.82) is 0 Å². The molecule has 3 aromatic carbocycles. The number of benzene rings is 3. The van der Waals surface area contributed by atoms with Crippen molar-refractivity contribution in [1.82, 2.24) is 0 Å². The summed E-state index contributed by atoms with van der Waals surface area (Å²) in [5.41, 5.74) is 3.27. The molecule has 0 atom stereocenters. The van der Waals surface area contributed by atoms with Crippen LogP contribution >= 0.6 is 45.8 Å². The van der Waals surface area contributed by atoms with E-state index >= 15 is 0 Å². The second kappa shape index (κ2) is 11.8. The Bertz CT molecular complexity index is 1810. The van der Waals surface area contributed by atoms with Crippen molar-refractivity contribution in [3.8, 4) is 9.75 Å². The fraction of sp³-hybridized carbons (Fsp3) is 0.389. The molecule has 4 heterocycles. The Morgan fingerprint density at radius 1 is 0.625 bits per heavy atom. The van der Waals surface area contributed by atoms with Crippen LogP contribution in [0, 0.1) is 0 Å². The highest BCUT2D eigenvalue weighted by molar-refractivity contribution is 8.08. The maximum atomic E-state index is 2.42. The van der Waals surface area contributed by atoms with Gasteiger partial charge in [0.05, 0.1) is 4.88 Å². The fourth-order valence-electron chi connectivity index (χ4n) is 6.74. The van der Waals surface area contributed by atoms with Crippen molar-refractivity contribution in [2.75, 3.05) is 5.75 Å². The number of hydrogen-bond acceptors (Lipinski definition) is 4. The monoisotopic (exact) mass is 598 g/mol. The molecule has 206 valence electrons. The van der Waals surface area contributed by atoms with Gasteiger partial charge >= 0.3 is 0 Å². The lowest BCUT2D eigenvalue weighted by atomic mass is 9.93. The molecular weight excluding hydrogens is 561 g/mol. The van der Waals surface area contributed by atoms with E-state index in [1.54, 1.807) is 20.9 Å². The molecule has 0 saturated carbocycles. The molecule has 0 saturated heterocycles. The zero-order valence-electron chi connectivity index (χ0n) is 23.7. The van der Waals surface area contributed by atoms with Gasteiger partial charge in [0.1, 0.15) is 0 Å². The quantitative estimate of drug-likeness (QED) is 0.0997. The molecule has 3 aromatic heterocycles. The molecule has 4 heteroatoms. The summed E-state index contributed by atoms with van der Waals surface area (Å²) in [6.07, 6.45) is 14.4. The van der Waals surface area contributed by atoms with Crippen LogP contribution in [0.5, 0.6) is 0 Å². The minimum Gasteiger partial charge on any atom is -0.143 e. The Hall–Kier alpha value is -1.85. The summed E-state index contributed by atoms with van der Waals surface area (Å²) in [7, 11) is 0. The van der Waals surface area contributed by atoms with Crippen LogP contribution in [0.3, 0.4) is 0 Å². The second-order valence-electron chi connectivity index (χ2n) is 11.4. The normalized spacial score (nSPS) is 14.3. The molecule has 0 amide bonds. The second-order valence-corrected chi connectivity index (χ2v) is 15.5. The number of thioether (sulfide) groups is 1. The van der Waals surface area contributed by atoms with Crippen LogP contribution < -0.4 is 0 Å². The summed E-state index contributed by atoms with van der Waals surface area (Å²) in [6.45, 7) is 4.61. The van der Waals surface area contributed by atoms with Crippen LogP contribution in [-0.2, 0) is 6.42 Å². The lowest BCUT2D eigenvalue weighted by molar-refractivity contribution is 0.660. The first-order valence-electron chi connectivity index (χ1n) is 15.3. The molecule has 0 spiro atoms. The molecule has 0 N–H and O–H groups in total. The molecule has 7 rings (SSSR count). The molecule has 0 aliphatic carbocycles. The van der Waals surface area contributed by atoms with Crippen molar-refractivity contribution in [3.05, 3.63) is 63.9 Å². The van der Waals surface area contributed by atoms with Crippen molar-refractivity contribution < 1.29 is 0 Å². The standard InChI is InChI=1S/C36H38S4/c1-3-5-7-9-13-23-19-21-37-33(23)35-31-25-15-11-18-28-30(25)32(26-16-12-17-27(39-35)29(26)31)36(40-28)34-24(20-22-38-34)14-10-8-6-4-2/h11-12,15-19,21H,3-10,13-14,20,22H2,1-2H3. The first-order chi connectivity index (χ1) is 19.8. The highest BCUT2D eigenvalue weighted by Gasteiger charge is 2.27. The number of unbranched alkanes of at least 4 members (excludes halogenated alkanes) is 6. The first kappa shape index (κ1) is 27.0. The van der Waals surface area contributed by atoms with Gasteiger partial charge in [0.15, 0.2) is 0 Å². The maximum Gasteiger partial charge on any atom is 0.0536 e. The zero-order valence-corrected chi connectivity index (χ0v) is 27.0. The number of aryl methyl sites for hydroxylation is 1. The summed E-state index contributed by atoms with van der Waals surface area (Å²) in [4.78, 5) is 6.18. The summed E-state index contributed by atoms with van der Waals surface area (Å²) < 4.78 is 2.90. The summed E-state index contributed by atoms with van der Waals surface area (Å²) in [6, 6.07) is 16.6. The van der Waals surface area contributed by atoms with Gasteiger partial charge in [0.2, 0.25) is 0 Å². The topological polar surface area (TPSA) is 0 Å². The minimum absolute atomic E-state index is 1.20. The fourth-order valence-corrected chi connectivity index (χ4v) is 11.9. The SMILES string of the molecule is CCCCCCC1=C(c2sc3cccc4c5c(-c6sccc6CCCCCC)sc6cccc(c2c34)c65)SCC1. The van der Waals surface area contributed by atoms with Crippen LogP contribution in [0.25, 0.3) is 56.4 Å². The van der Waals surface area contributed by atoms with E-state index in [9.17, 15) is 0 Å². The number of rotatable bonds is 12. The Morgan fingerprint density at radius 3 is 1.98 bits per heavy atom. The molecule has 0 bridgehead atoms. The van der Waals surface area contributed by atoms with Crippen molar-refractivity contribution in [2.45, 2.75) is 84.5 Å². The van der Waals surface area contributed by atoms with Gasteiger partial charge in [-0.1, -0.05) is 82.2 Å². The maximum absolute atomic E-state index is 2.42. The average Bonchev–Trinajstić information content (AvgIpc) is 3.77. The number of hydrogen-bond donors (Lipinski definition) is 0. The van der Waals surface area contributed by atoms with E-state index in [1.165, 1.54) is 128 Å². The van der Waals surface area contributed by atoms with Crippen molar-refractivity contribution in [2.24, 2.45) is 0 Å². The Balaban J connectivity index is 1.42. The lowest BCUT2D eigenvalue weighted by Crippen LogP contribution is -1.87. The largest absolute Gasteiger partial charge is 0.143 e. The molecular formula is C36H38S4. The highest BCUT2D eigenvalue weighted by atomic mass is 32.2.